The first-order valence-electron chi connectivity index (χ1n) is 11.0. The second kappa shape index (κ2) is 14.9. The van der Waals surface area contributed by atoms with Crippen LogP contribution in [0.25, 0.3) is 0 Å². The van der Waals surface area contributed by atoms with Crippen molar-refractivity contribution in [3.8, 4) is 0 Å². The number of aryl methyl sites for hydroxylation is 2. The molecule has 40 heavy (non-hydrogen) atoms. The zero-order chi connectivity index (χ0) is 30.9. The summed E-state index contributed by atoms with van der Waals surface area (Å²) in [5.74, 6) is -21.8. The van der Waals surface area contributed by atoms with Crippen LogP contribution in [-0.2, 0) is 27.5 Å². The van der Waals surface area contributed by atoms with Crippen LogP contribution < -0.4 is 0 Å². The van der Waals surface area contributed by atoms with Gasteiger partial charge in [-0.1, -0.05) is 31.0 Å². The van der Waals surface area contributed by atoms with Gasteiger partial charge in [-0.3, -0.25) is 4.79 Å². The minimum absolute atomic E-state index is 0.117. The van der Waals surface area contributed by atoms with E-state index in [0.29, 0.717) is 0 Å². The number of hydrogen-bond donors (Lipinski definition) is 0. The lowest BCUT2D eigenvalue weighted by Crippen LogP contribution is -2.12. The molecule has 0 bridgehead atoms. The van der Waals surface area contributed by atoms with Crippen LogP contribution in [-0.4, -0.2) is 12.4 Å². The van der Waals surface area contributed by atoms with Crippen molar-refractivity contribution >= 4 is 12.4 Å². The molecule has 0 heterocycles. The fourth-order valence-corrected chi connectivity index (χ4v) is 2.99. The summed E-state index contributed by atoms with van der Waals surface area (Å²) in [5, 5.41) is 0. The summed E-state index contributed by atoms with van der Waals surface area (Å²) in [6.45, 7) is 5.20. The third-order valence-electron chi connectivity index (χ3n) is 4.70. The predicted molar refractivity (Wildman–Crippen MR) is 120 cm³/mol. The first-order valence-corrected chi connectivity index (χ1v) is 11.0. The van der Waals surface area contributed by atoms with Crippen LogP contribution in [0.2, 0.25) is 0 Å². The topological polar surface area (TPSA) is 52.6 Å². The van der Waals surface area contributed by atoms with E-state index in [1.807, 2.05) is 13.8 Å². The summed E-state index contributed by atoms with van der Waals surface area (Å²) >= 11 is 0. The molecule has 3 aromatic rings. The fourth-order valence-electron chi connectivity index (χ4n) is 2.99. The molecule has 0 saturated carbocycles. The van der Waals surface area contributed by atoms with E-state index in [0.717, 1.165) is 11.1 Å². The van der Waals surface area contributed by atoms with Gasteiger partial charge in [0.2, 0.25) is 11.6 Å². The number of ether oxygens (including phenoxy) is 2. The maximum atomic E-state index is 13.5. The molecule has 0 unspecified atom stereocenters. The van der Waals surface area contributed by atoms with Crippen LogP contribution in [0.5, 0.6) is 0 Å². The number of carbonyl (C=O) groups is 2. The first-order chi connectivity index (χ1) is 18.7. The normalized spacial score (nSPS) is 10.2. The van der Waals surface area contributed by atoms with Gasteiger partial charge in [-0.15, -0.1) is 0 Å². The molecule has 0 spiro atoms. The third kappa shape index (κ3) is 7.73. The minimum Gasteiger partial charge on any atom is -0.463 e. The standard InChI is InChI=1S/C16H11F5O2.C8H3F5O2.C2H6/c1-7-3-8(2)5-9(4-7)16(22)23-6-10-11(17)13(19)15(21)14(20)12(10)18;9-4-3(1-15-2-14)5(10)7(12)8(13)6(4)11;1-2/h3-5H,6H2,1-2H3;2H,1H2;1-2H3. The molecular weight excluding hydrogens is 566 g/mol. The van der Waals surface area contributed by atoms with Gasteiger partial charge in [0.25, 0.3) is 6.47 Å². The van der Waals surface area contributed by atoms with Crippen molar-refractivity contribution < 1.29 is 63.0 Å². The molecule has 0 amide bonds. The Labute approximate surface area is 221 Å². The highest BCUT2D eigenvalue weighted by Crippen LogP contribution is 2.25. The number of esters is 1. The number of carbonyl (C=O) groups excluding carboxylic acids is 2. The molecule has 0 radical (unpaired) electrons. The van der Waals surface area contributed by atoms with Crippen molar-refractivity contribution in [1.82, 2.24) is 0 Å². The van der Waals surface area contributed by atoms with Gasteiger partial charge in [-0.25, -0.2) is 48.7 Å². The number of halogens is 10. The van der Waals surface area contributed by atoms with E-state index in [9.17, 15) is 53.5 Å². The Kier molecular flexibility index (Phi) is 12.6. The smallest absolute Gasteiger partial charge is 0.338 e. The van der Waals surface area contributed by atoms with E-state index in [1.165, 1.54) is 12.1 Å². The molecule has 0 atom stereocenters. The highest BCUT2D eigenvalue weighted by Gasteiger charge is 2.27. The molecule has 4 nitrogen and oxygen atoms in total. The summed E-state index contributed by atoms with van der Waals surface area (Å²) in [6.07, 6.45) is 0. The molecule has 0 aliphatic carbocycles. The van der Waals surface area contributed by atoms with E-state index in [4.69, 9.17) is 0 Å². The molecule has 3 aromatic carbocycles. The van der Waals surface area contributed by atoms with Gasteiger partial charge in [-0.2, -0.15) is 0 Å². The fraction of sp³-hybridized carbons (Fsp3) is 0.231. The Morgan fingerprint density at radius 1 is 0.600 bits per heavy atom. The number of hydrogen-bond acceptors (Lipinski definition) is 4. The Hall–Kier alpha value is -4.10. The zero-order valence-corrected chi connectivity index (χ0v) is 21.1. The second-order valence-corrected chi connectivity index (χ2v) is 7.46. The average molecular weight is 586 g/mol. The SMILES string of the molecule is CC.Cc1cc(C)cc(C(=O)OCc2c(F)c(F)c(F)c(F)c2F)c1.O=COCc1c(F)c(F)c(F)c(F)c1F. The van der Waals surface area contributed by atoms with Crippen LogP contribution in [0.4, 0.5) is 43.9 Å². The van der Waals surface area contributed by atoms with Gasteiger partial charge in [0.15, 0.2) is 46.5 Å². The number of rotatable bonds is 6. The third-order valence-corrected chi connectivity index (χ3v) is 4.70. The van der Waals surface area contributed by atoms with Crippen molar-refractivity contribution in [2.75, 3.05) is 0 Å². The van der Waals surface area contributed by atoms with E-state index in [-0.39, 0.29) is 12.0 Å². The molecule has 218 valence electrons. The quantitative estimate of drug-likeness (QED) is 0.0991. The number of benzene rings is 3. The predicted octanol–water partition coefficient (Wildman–Crippen LogP) is 7.44. The van der Waals surface area contributed by atoms with E-state index in [2.05, 4.69) is 9.47 Å². The summed E-state index contributed by atoms with van der Waals surface area (Å²) < 4.78 is 138. The molecule has 0 aliphatic rings. The molecule has 0 saturated heterocycles. The Morgan fingerprint density at radius 3 is 1.27 bits per heavy atom. The van der Waals surface area contributed by atoms with E-state index >= 15 is 0 Å². The van der Waals surface area contributed by atoms with Crippen molar-refractivity contribution in [1.29, 1.82) is 0 Å². The van der Waals surface area contributed by atoms with Crippen LogP contribution in [0.1, 0.15) is 46.5 Å². The van der Waals surface area contributed by atoms with Gasteiger partial charge >= 0.3 is 5.97 Å². The van der Waals surface area contributed by atoms with Crippen LogP contribution in [0.3, 0.4) is 0 Å². The molecule has 0 fully saturated rings. The summed E-state index contributed by atoms with van der Waals surface area (Å²) in [7, 11) is 0. The van der Waals surface area contributed by atoms with Crippen molar-refractivity contribution in [3.05, 3.63) is 104 Å². The average Bonchev–Trinajstić information content (AvgIpc) is 2.93. The summed E-state index contributed by atoms with van der Waals surface area (Å²) in [4.78, 5) is 21.6. The van der Waals surface area contributed by atoms with Crippen LogP contribution in [0.15, 0.2) is 18.2 Å². The Morgan fingerprint density at radius 2 is 0.925 bits per heavy atom. The maximum Gasteiger partial charge on any atom is 0.338 e. The first kappa shape index (κ1) is 33.9. The van der Waals surface area contributed by atoms with E-state index < -0.39 is 88.5 Å². The van der Waals surface area contributed by atoms with Crippen molar-refractivity contribution in [2.45, 2.75) is 40.9 Å². The maximum absolute atomic E-state index is 13.5. The zero-order valence-electron chi connectivity index (χ0n) is 21.1. The lowest BCUT2D eigenvalue weighted by atomic mass is 10.1. The molecular formula is C26H20F10O4. The second-order valence-electron chi connectivity index (χ2n) is 7.46. The van der Waals surface area contributed by atoms with Crippen molar-refractivity contribution in [2.24, 2.45) is 0 Å². The van der Waals surface area contributed by atoms with Gasteiger partial charge in [0, 0.05) is 0 Å². The summed E-state index contributed by atoms with van der Waals surface area (Å²) in [6, 6.07) is 4.75. The van der Waals surface area contributed by atoms with Crippen LogP contribution >= 0.6 is 0 Å². The minimum atomic E-state index is -2.26. The highest BCUT2D eigenvalue weighted by molar-refractivity contribution is 5.89. The van der Waals surface area contributed by atoms with Gasteiger partial charge in [-0.05, 0) is 26.0 Å². The monoisotopic (exact) mass is 586 g/mol. The largest absolute Gasteiger partial charge is 0.463 e. The lowest BCUT2D eigenvalue weighted by molar-refractivity contribution is -0.129. The van der Waals surface area contributed by atoms with Crippen molar-refractivity contribution in [3.63, 3.8) is 0 Å². The molecule has 0 aromatic heterocycles. The Bertz CT molecular complexity index is 1310. The highest BCUT2D eigenvalue weighted by atomic mass is 19.2. The molecule has 3 rings (SSSR count). The van der Waals surface area contributed by atoms with Crippen LogP contribution in [0, 0.1) is 72.0 Å². The Balaban J connectivity index is 0.000000408. The van der Waals surface area contributed by atoms with E-state index in [1.54, 1.807) is 19.9 Å². The lowest BCUT2D eigenvalue weighted by Gasteiger charge is -2.10. The molecule has 14 heteroatoms. The van der Waals surface area contributed by atoms with Gasteiger partial charge in [0.05, 0.1) is 16.7 Å². The van der Waals surface area contributed by atoms with Gasteiger partial charge in [0.1, 0.15) is 13.2 Å². The molecule has 0 aliphatic heterocycles. The van der Waals surface area contributed by atoms with Gasteiger partial charge < -0.3 is 9.47 Å². The molecule has 0 N–H and O–H groups in total. The summed E-state index contributed by atoms with van der Waals surface area (Å²) in [5.41, 5.74) is -0.745.